The number of aryl methyl sites for hydroxylation is 1. The molecule has 0 amide bonds. The number of H-pyrrole nitrogens is 1. The molecule has 2 fully saturated rings. The Morgan fingerprint density at radius 1 is 1.23 bits per heavy atom. The van der Waals surface area contributed by atoms with E-state index in [1.54, 1.807) is 4.68 Å². The first-order valence-corrected chi connectivity index (χ1v) is 8.03. The summed E-state index contributed by atoms with van der Waals surface area (Å²) in [7, 11) is 1.89. The smallest absolute Gasteiger partial charge is 0.245 e. The van der Waals surface area contributed by atoms with Gasteiger partial charge in [0.2, 0.25) is 5.95 Å². The Labute approximate surface area is 129 Å². The van der Waals surface area contributed by atoms with Gasteiger partial charge in [-0.05, 0) is 35.1 Å². The summed E-state index contributed by atoms with van der Waals surface area (Å²) in [6.07, 6.45) is 2.66. The molecule has 2 aromatic rings. The quantitative estimate of drug-likeness (QED) is 0.909. The predicted octanol–water partition coefficient (Wildman–Crippen LogP) is 1.08. The van der Waals surface area contributed by atoms with Gasteiger partial charge in [-0.1, -0.05) is 18.9 Å². The van der Waals surface area contributed by atoms with E-state index in [9.17, 15) is 0 Å². The molecular formula is C14H22N8. The van der Waals surface area contributed by atoms with E-state index in [0.29, 0.717) is 17.8 Å². The number of nitrogens with one attached hydrogen (secondary N) is 1. The van der Waals surface area contributed by atoms with Crippen LogP contribution in [0.5, 0.6) is 0 Å². The van der Waals surface area contributed by atoms with Crippen LogP contribution in [-0.2, 0) is 7.05 Å². The van der Waals surface area contributed by atoms with Gasteiger partial charge in [-0.2, -0.15) is 5.10 Å². The lowest BCUT2D eigenvalue weighted by molar-refractivity contribution is 0.444. The third-order valence-electron chi connectivity index (χ3n) is 4.86. The lowest BCUT2D eigenvalue weighted by atomic mass is 9.91. The van der Waals surface area contributed by atoms with Gasteiger partial charge in [-0.15, -0.1) is 0 Å². The van der Waals surface area contributed by atoms with Crippen LogP contribution in [-0.4, -0.2) is 48.5 Å². The normalized spacial score (nSPS) is 25.4. The third-order valence-corrected chi connectivity index (χ3v) is 4.86. The molecule has 1 saturated heterocycles. The minimum atomic E-state index is 0.352. The molecule has 0 radical (unpaired) electrons. The molecule has 8 heteroatoms. The van der Waals surface area contributed by atoms with Crippen molar-refractivity contribution in [3.05, 3.63) is 11.6 Å². The molecule has 1 N–H and O–H groups in total. The Hall–Kier alpha value is -1.99. The predicted molar refractivity (Wildman–Crippen MR) is 80.4 cm³/mol. The molecule has 2 aromatic heterocycles. The van der Waals surface area contributed by atoms with Crippen LogP contribution in [0.15, 0.2) is 0 Å². The van der Waals surface area contributed by atoms with Gasteiger partial charge < -0.3 is 4.90 Å². The zero-order valence-electron chi connectivity index (χ0n) is 13.3. The Kier molecular flexibility index (Phi) is 3.12. The lowest BCUT2D eigenvalue weighted by Gasteiger charge is -2.15. The van der Waals surface area contributed by atoms with Crippen LogP contribution in [0.25, 0.3) is 0 Å². The summed E-state index contributed by atoms with van der Waals surface area (Å²) in [6, 6.07) is 0. The Morgan fingerprint density at radius 2 is 2.05 bits per heavy atom. The van der Waals surface area contributed by atoms with E-state index in [2.05, 4.69) is 44.5 Å². The van der Waals surface area contributed by atoms with Crippen molar-refractivity contribution in [2.24, 2.45) is 18.9 Å². The van der Waals surface area contributed by atoms with Crippen molar-refractivity contribution in [3.8, 4) is 0 Å². The number of anilines is 1. The van der Waals surface area contributed by atoms with Crippen molar-refractivity contribution in [2.75, 3.05) is 18.0 Å². The van der Waals surface area contributed by atoms with E-state index < -0.39 is 0 Å². The van der Waals surface area contributed by atoms with Crippen molar-refractivity contribution in [3.63, 3.8) is 0 Å². The van der Waals surface area contributed by atoms with E-state index in [1.165, 1.54) is 12.8 Å². The molecule has 1 saturated carbocycles. The van der Waals surface area contributed by atoms with E-state index in [4.69, 9.17) is 4.98 Å². The second kappa shape index (κ2) is 5.03. The van der Waals surface area contributed by atoms with E-state index in [1.807, 2.05) is 7.05 Å². The van der Waals surface area contributed by atoms with Crippen LogP contribution >= 0.6 is 0 Å². The summed E-state index contributed by atoms with van der Waals surface area (Å²) >= 11 is 0. The number of aromatic amines is 1. The van der Waals surface area contributed by atoms with Gasteiger partial charge in [-0.25, -0.2) is 9.67 Å². The Bertz CT molecular complexity index is 655. The third kappa shape index (κ3) is 2.26. The molecule has 0 aromatic carbocycles. The van der Waals surface area contributed by atoms with Gasteiger partial charge in [-0.3, -0.25) is 5.10 Å². The molecule has 0 unspecified atom stereocenters. The summed E-state index contributed by atoms with van der Waals surface area (Å²) in [5, 5.41) is 19.4. The molecular weight excluding hydrogens is 280 g/mol. The fourth-order valence-corrected chi connectivity index (χ4v) is 3.49. The van der Waals surface area contributed by atoms with Crippen molar-refractivity contribution < 1.29 is 0 Å². The molecule has 3 heterocycles. The van der Waals surface area contributed by atoms with Crippen molar-refractivity contribution in [1.82, 2.24) is 35.4 Å². The minimum Gasteiger partial charge on any atom is -0.339 e. The van der Waals surface area contributed by atoms with Crippen molar-refractivity contribution >= 4 is 5.95 Å². The highest BCUT2D eigenvalue weighted by Gasteiger charge is 2.45. The fourth-order valence-electron chi connectivity index (χ4n) is 3.49. The number of nitrogens with zero attached hydrogens (tertiary/aromatic N) is 7. The number of tetrazole rings is 1. The van der Waals surface area contributed by atoms with Crippen LogP contribution in [0.2, 0.25) is 0 Å². The summed E-state index contributed by atoms with van der Waals surface area (Å²) in [4.78, 5) is 7.02. The van der Waals surface area contributed by atoms with Crippen LogP contribution in [0.3, 0.4) is 0 Å². The molecule has 1 aliphatic carbocycles. The second-order valence-corrected chi connectivity index (χ2v) is 6.85. The summed E-state index contributed by atoms with van der Waals surface area (Å²) < 4.78 is 1.74. The van der Waals surface area contributed by atoms with Gasteiger partial charge in [0.15, 0.2) is 5.82 Å². The highest BCUT2D eigenvalue weighted by Crippen LogP contribution is 2.47. The van der Waals surface area contributed by atoms with E-state index in [0.717, 1.165) is 36.6 Å². The van der Waals surface area contributed by atoms with E-state index >= 15 is 0 Å². The number of rotatable bonds is 4. The summed E-state index contributed by atoms with van der Waals surface area (Å²) in [5.41, 5.74) is 0. The second-order valence-electron chi connectivity index (χ2n) is 6.85. The highest BCUT2D eigenvalue weighted by atomic mass is 15.6. The van der Waals surface area contributed by atoms with Crippen molar-refractivity contribution in [1.29, 1.82) is 0 Å². The fraction of sp³-hybridized carbons (Fsp3) is 0.786. The van der Waals surface area contributed by atoms with Gasteiger partial charge in [0.05, 0.1) is 0 Å². The first kappa shape index (κ1) is 13.7. The first-order chi connectivity index (χ1) is 10.6. The van der Waals surface area contributed by atoms with E-state index in [-0.39, 0.29) is 0 Å². The number of hydrogen-bond acceptors (Lipinski definition) is 6. The SMILES string of the molecule is CC(C)c1n[nH]c([C@H]2CN(c3nnnn3C)C[C@@H]2C2CC2)n1. The Morgan fingerprint density at radius 3 is 2.64 bits per heavy atom. The molecule has 0 bridgehead atoms. The van der Waals surface area contributed by atoms with Gasteiger partial charge >= 0.3 is 0 Å². The molecule has 2 aliphatic rings. The molecule has 1 aliphatic heterocycles. The average molecular weight is 302 g/mol. The maximum Gasteiger partial charge on any atom is 0.245 e. The zero-order valence-corrected chi connectivity index (χ0v) is 13.3. The van der Waals surface area contributed by atoms with Crippen LogP contribution in [0, 0.1) is 11.8 Å². The molecule has 118 valence electrons. The molecule has 2 atom stereocenters. The molecule has 22 heavy (non-hydrogen) atoms. The maximum atomic E-state index is 4.74. The average Bonchev–Trinajstić information content (AvgIpc) is 2.92. The number of hydrogen-bond donors (Lipinski definition) is 1. The molecule has 0 spiro atoms. The van der Waals surface area contributed by atoms with Gasteiger partial charge in [0, 0.05) is 32.0 Å². The van der Waals surface area contributed by atoms with Crippen molar-refractivity contribution in [2.45, 2.75) is 38.5 Å². The first-order valence-electron chi connectivity index (χ1n) is 8.03. The topological polar surface area (TPSA) is 88.4 Å². The maximum absolute atomic E-state index is 4.74. The summed E-state index contributed by atoms with van der Waals surface area (Å²) in [5.74, 6) is 4.95. The molecule has 8 nitrogen and oxygen atoms in total. The van der Waals surface area contributed by atoms with Crippen LogP contribution in [0.1, 0.15) is 50.2 Å². The number of aromatic nitrogens is 7. The largest absolute Gasteiger partial charge is 0.339 e. The molecule has 4 rings (SSSR count). The lowest BCUT2D eigenvalue weighted by Crippen LogP contribution is -2.23. The standard InChI is InChI=1S/C14H22N8/c1-8(2)12-15-13(17-16-12)11-7-22(6-10(11)9-4-5-9)14-18-19-20-21(14)3/h8-11H,4-7H2,1-3H3,(H,15,16,17)/t10-,11+/m1/s1. The summed E-state index contributed by atoms with van der Waals surface area (Å²) in [6.45, 7) is 6.15. The van der Waals surface area contributed by atoms with Gasteiger partial charge in [0.1, 0.15) is 5.82 Å². The van der Waals surface area contributed by atoms with Crippen LogP contribution < -0.4 is 4.90 Å². The minimum absolute atomic E-state index is 0.352. The highest BCUT2D eigenvalue weighted by molar-refractivity contribution is 5.33. The van der Waals surface area contributed by atoms with Gasteiger partial charge in [0.25, 0.3) is 0 Å². The zero-order chi connectivity index (χ0) is 15.3. The monoisotopic (exact) mass is 302 g/mol. The van der Waals surface area contributed by atoms with Crippen LogP contribution in [0.4, 0.5) is 5.95 Å². The Balaban J connectivity index is 1.60.